The minimum Gasteiger partial charge on any atom is -0.369 e. The molecule has 0 spiro atoms. The average molecular weight is 475 g/mol. The van der Waals surface area contributed by atoms with E-state index in [0.717, 1.165) is 29.7 Å². The predicted molar refractivity (Wildman–Crippen MR) is 137 cm³/mol. The Balaban J connectivity index is 1.74. The third-order valence-electron chi connectivity index (χ3n) is 7.35. The lowest BCUT2D eigenvalue weighted by molar-refractivity contribution is -0.142. The second kappa shape index (κ2) is 10.0. The Morgan fingerprint density at radius 2 is 1.71 bits per heavy atom. The molecule has 7 nitrogen and oxygen atoms in total. The molecule has 1 heterocycles. The van der Waals surface area contributed by atoms with Crippen LogP contribution in [-0.4, -0.2) is 36.6 Å². The molecule has 1 aliphatic carbocycles. The standard InChI is InChI=1S/C28H34N4O3/c1-18(2)17-21(28(27(29)35)15-9-10-16-28)25(33)31-24-26(34)32(3)22-14-8-7-13-20(22)23(30-24)19-11-5-4-6-12-19/h4-8,11-14,18,21,24H,9-10,15-17H2,1-3H3,(H2,29,35)(H,31,33)/t21-,24?/m0/s1. The Hall–Kier alpha value is -3.48. The molecular weight excluding hydrogens is 440 g/mol. The van der Waals surface area contributed by atoms with Crippen LogP contribution in [0.3, 0.4) is 0 Å². The minimum absolute atomic E-state index is 0.183. The summed E-state index contributed by atoms with van der Waals surface area (Å²) in [6, 6.07) is 17.2. The molecule has 35 heavy (non-hydrogen) atoms. The normalized spacial score (nSPS) is 20.1. The van der Waals surface area contributed by atoms with Gasteiger partial charge in [0.25, 0.3) is 5.91 Å². The lowest BCUT2D eigenvalue weighted by Crippen LogP contribution is -2.53. The van der Waals surface area contributed by atoms with Crippen molar-refractivity contribution in [1.29, 1.82) is 0 Å². The van der Waals surface area contributed by atoms with Crippen LogP contribution in [0.25, 0.3) is 0 Å². The van der Waals surface area contributed by atoms with E-state index < -0.39 is 23.4 Å². The van der Waals surface area contributed by atoms with Crippen LogP contribution in [0.5, 0.6) is 0 Å². The minimum atomic E-state index is -1.11. The van der Waals surface area contributed by atoms with Crippen molar-refractivity contribution in [2.75, 3.05) is 11.9 Å². The molecule has 1 fully saturated rings. The number of para-hydroxylation sites is 1. The molecule has 0 aromatic heterocycles. The molecule has 3 amide bonds. The Morgan fingerprint density at radius 3 is 2.34 bits per heavy atom. The SMILES string of the molecule is CC(C)C[C@@H](C(=O)NC1N=C(c2ccccc2)c2ccccc2N(C)C1=O)C1(C(N)=O)CCCC1. The summed E-state index contributed by atoms with van der Waals surface area (Å²) in [5.74, 6) is -1.53. The van der Waals surface area contributed by atoms with Crippen LogP contribution in [0, 0.1) is 17.3 Å². The maximum Gasteiger partial charge on any atom is 0.272 e. The number of rotatable bonds is 7. The second-order valence-corrected chi connectivity index (χ2v) is 10.1. The third kappa shape index (κ3) is 4.72. The molecule has 2 aromatic rings. The van der Waals surface area contributed by atoms with Crippen molar-refractivity contribution < 1.29 is 14.4 Å². The van der Waals surface area contributed by atoms with Gasteiger partial charge in [0.15, 0.2) is 0 Å². The third-order valence-corrected chi connectivity index (χ3v) is 7.35. The molecule has 1 aliphatic heterocycles. The number of nitrogens with zero attached hydrogens (tertiary/aromatic N) is 2. The van der Waals surface area contributed by atoms with Crippen LogP contribution in [-0.2, 0) is 14.4 Å². The van der Waals surface area contributed by atoms with Crippen molar-refractivity contribution in [2.24, 2.45) is 28.0 Å². The number of carbonyl (C=O) groups excluding carboxylic acids is 3. The van der Waals surface area contributed by atoms with Gasteiger partial charge in [-0.2, -0.15) is 0 Å². The van der Waals surface area contributed by atoms with Crippen LogP contribution >= 0.6 is 0 Å². The van der Waals surface area contributed by atoms with Gasteiger partial charge in [-0.25, -0.2) is 4.99 Å². The van der Waals surface area contributed by atoms with Gasteiger partial charge >= 0.3 is 0 Å². The zero-order valence-corrected chi connectivity index (χ0v) is 20.7. The van der Waals surface area contributed by atoms with Gasteiger partial charge in [-0.3, -0.25) is 14.4 Å². The maximum absolute atomic E-state index is 13.8. The number of aliphatic imine (C=N–C) groups is 1. The van der Waals surface area contributed by atoms with E-state index >= 15 is 0 Å². The number of benzodiazepines with no additional fused rings is 1. The zero-order valence-electron chi connectivity index (χ0n) is 20.7. The number of nitrogens with one attached hydrogen (secondary N) is 1. The smallest absolute Gasteiger partial charge is 0.272 e. The summed E-state index contributed by atoms with van der Waals surface area (Å²) in [5, 5.41) is 2.91. The Morgan fingerprint density at radius 1 is 1.09 bits per heavy atom. The highest BCUT2D eigenvalue weighted by molar-refractivity contribution is 6.20. The summed E-state index contributed by atoms with van der Waals surface area (Å²) in [7, 11) is 1.69. The van der Waals surface area contributed by atoms with E-state index in [1.165, 1.54) is 4.90 Å². The van der Waals surface area contributed by atoms with Crippen molar-refractivity contribution in [2.45, 2.75) is 52.1 Å². The highest BCUT2D eigenvalue weighted by Gasteiger charge is 2.50. The fourth-order valence-corrected chi connectivity index (χ4v) is 5.51. The number of carbonyl (C=O) groups is 3. The Kier molecular flexibility index (Phi) is 7.05. The highest BCUT2D eigenvalue weighted by Crippen LogP contribution is 2.46. The molecule has 1 unspecified atom stereocenters. The van der Waals surface area contributed by atoms with Crippen LogP contribution < -0.4 is 16.0 Å². The predicted octanol–water partition coefficient (Wildman–Crippen LogP) is 3.65. The van der Waals surface area contributed by atoms with E-state index in [4.69, 9.17) is 10.7 Å². The quantitative estimate of drug-likeness (QED) is 0.640. The summed E-state index contributed by atoms with van der Waals surface area (Å²) in [4.78, 5) is 46.2. The van der Waals surface area contributed by atoms with Crippen molar-refractivity contribution in [1.82, 2.24) is 5.32 Å². The van der Waals surface area contributed by atoms with E-state index in [-0.39, 0.29) is 17.7 Å². The number of nitrogens with two attached hydrogens (primary N) is 1. The molecule has 0 saturated heterocycles. The molecule has 2 atom stereocenters. The fraction of sp³-hybridized carbons (Fsp3) is 0.429. The Bertz CT molecular complexity index is 1140. The first-order valence-corrected chi connectivity index (χ1v) is 12.3. The van der Waals surface area contributed by atoms with Crippen molar-refractivity contribution in [3.05, 3.63) is 65.7 Å². The van der Waals surface area contributed by atoms with Gasteiger partial charge in [-0.15, -0.1) is 0 Å². The van der Waals surface area contributed by atoms with E-state index in [0.29, 0.717) is 25.0 Å². The van der Waals surface area contributed by atoms with E-state index in [2.05, 4.69) is 5.32 Å². The number of likely N-dealkylation sites (N-methyl/N-ethyl adjacent to an activating group) is 1. The molecule has 1 saturated carbocycles. The number of primary amides is 1. The van der Waals surface area contributed by atoms with Gasteiger partial charge in [0.1, 0.15) is 0 Å². The van der Waals surface area contributed by atoms with E-state index in [9.17, 15) is 14.4 Å². The van der Waals surface area contributed by atoms with Crippen LogP contribution in [0.1, 0.15) is 57.1 Å². The van der Waals surface area contributed by atoms with Crippen molar-refractivity contribution in [3.63, 3.8) is 0 Å². The zero-order chi connectivity index (χ0) is 25.2. The first kappa shape index (κ1) is 24.6. The first-order chi connectivity index (χ1) is 16.7. The molecule has 2 aromatic carbocycles. The molecule has 4 rings (SSSR count). The van der Waals surface area contributed by atoms with Gasteiger partial charge in [-0.05, 0) is 31.2 Å². The van der Waals surface area contributed by atoms with Crippen LogP contribution in [0.15, 0.2) is 59.6 Å². The summed E-state index contributed by atoms with van der Waals surface area (Å²) in [6.07, 6.45) is 2.31. The number of benzene rings is 2. The molecular formula is C28H34N4O3. The van der Waals surface area contributed by atoms with E-state index in [1.54, 1.807) is 7.05 Å². The average Bonchev–Trinajstić information content (AvgIpc) is 3.32. The lowest BCUT2D eigenvalue weighted by atomic mass is 9.69. The summed E-state index contributed by atoms with van der Waals surface area (Å²) in [5.41, 5.74) is 8.03. The lowest BCUT2D eigenvalue weighted by Gasteiger charge is -2.35. The molecule has 3 N–H and O–H groups in total. The number of hydrogen-bond acceptors (Lipinski definition) is 4. The van der Waals surface area contributed by atoms with Gasteiger partial charge in [0.05, 0.1) is 22.7 Å². The molecule has 0 radical (unpaired) electrons. The molecule has 7 heteroatoms. The largest absolute Gasteiger partial charge is 0.369 e. The fourth-order valence-electron chi connectivity index (χ4n) is 5.51. The van der Waals surface area contributed by atoms with Crippen LogP contribution in [0.2, 0.25) is 0 Å². The molecule has 0 bridgehead atoms. The highest BCUT2D eigenvalue weighted by atomic mass is 16.2. The van der Waals surface area contributed by atoms with Crippen molar-refractivity contribution >= 4 is 29.1 Å². The number of hydrogen-bond donors (Lipinski definition) is 2. The van der Waals surface area contributed by atoms with Gasteiger partial charge in [-0.1, -0.05) is 75.2 Å². The van der Waals surface area contributed by atoms with Crippen molar-refractivity contribution in [3.8, 4) is 0 Å². The van der Waals surface area contributed by atoms with Crippen LogP contribution in [0.4, 0.5) is 5.69 Å². The summed E-state index contributed by atoms with van der Waals surface area (Å²) >= 11 is 0. The second-order valence-electron chi connectivity index (χ2n) is 10.1. The first-order valence-electron chi connectivity index (χ1n) is 12.3. The monoisotopic (exact) mass is 474 g/mol. The number of amides is 3. The number of fused-ring (bicyclic) bond motifs is 1. The molecule has 184 valence electrons. The molecule has 2 aliphatic rings. The maximum atomic E-state index is 13.8. The topological polar surface area (TPSA) is 105 Å². The van der Waals surface area contributed by atoms with Gasteiger partial charge in [0.2, 0.25) is 18.0 Å². The Labute approximate surface area is 206 Å². The number of anilines is 1. The summed E-state index contributed by atoms with van der Waals surface area (Å²) < 4.78 is 0. The van der Waals surface area contributed by atoms with Gasteiger partial charge in [0, 0.05) is 18.2 Å². The van der Waals surface area contributed by atoms with E-state index in [1.807, 2.05) is 68.4 Å². The van der Waals surface area contributed by atoms with Gasteiger partial charge < -0.3 is 16.0 Å². The summed E-state index contributed by atoms with van der Waals surface area (Å²) in [6.45, 7) is 4.05.